The van der Waals surface area contributed by atoms with E-state index >= 15 is 0 Å². The van der Waals surface area contributed by atoms with E-state index in [1.807, 2.05) is 4.90 Å². The monoisotopic (exact) mass is 361 g/mol. The molecule has 2 amide bonds. The van der Waals surface area contributed by atoms with Crippen LogP contribution in [0.25, 0.3) is 0 Å². The van der Waals surface area contributed by atoms with E-state index in [0.29, 0.717) is 31.2 Å². The van der Waals surface area contributed by atoms with Crippen LogP contribution in [0.3, 0.4) is 0 Å². The molecule has 1 aromatic heterocycles. The highest BCUT2D eigenvalue weighted by Crippen LogP contribution is 2.20. The van der Waals surface area contributed by atoms with Gasteiger partial charge in [0.05, 0.1) is 11.8 Å². The molecule has 6 nitrogen and oxygen atoms in total. The van der Waals surface area contributed by atoms with Gasteiger partial charge in [0.15, 0.2) is 0 Å². The lowest BCUT2D eigenvalue weighted by Gasteiger charge is -2.36. The molecule has 2 atom stereocenters. The third kappa shape index (κ3) is 4.67. The maximum atomic E-state index is 12.5. The lowest BCUT2D eigenvalue weighted by molar-refractivity contribution is -0.126. The molecular formula is C20H31N3O3. The summed E-state index contributed by atoms with van der Waals surface area (Å²) in [6.07, 6.45) is 7.01. The van der Waals surface area contributed by atoms with Gasteiger partial charge >= 0.3 is 0 Å². The van der Waals surface area contributed by atoms with Crippen molar-refractivity contribution < 1.29 is 14.0 Å². The Labute approximate surface area is 155 Å². The molecule has 26 heavy (non-hydrogen) atoms. The van der Waals surface area contributed by atoms with Crippen molar-refractivity contribution in [1.29, 1.82) is 0 Å². The maximum absolute atomic E-state index is 12.5. The second-order valence-electron chi connectivity index (χ2n) is 7.92. The first-order valence-electron chi connectivity index (χ1n) is 9.88. The summed E-state index contributed by atoms with van der Waals surface area (Å²) in [5, 5.41) is 3.14. The Balaban J connectivity index is 1.40. The number of hydrogen-bond donors (Lipinski definition) is 1. The predicted octanol–water partition coefficient (Wildman–Crippen LogP) is 2.37. The molecule has 2 aliphatic rings. The van der Waals surface area contributed by atoms with Gasteiger partial charge in [-0.15, -0.1) is 0 Å². The molecule has 3 rings (SSSR count). The summed E-state index contributed by atoms with van der Waals surface area (Å²) >= 11 is 0. The quantitative estimate of drug-likeness (QED) is 0.874. The van der Waals surface area contributed by atoms with Gasteiger partial charge in [-0.1, -0.05) is 6.92 Å². The molecule has 0 aromatic carbocycles. The van der Waals surface area contributed by atoms with E-state index in [2.05, 4.69) is 24.1 Å². The molecule has 2 unspecified atom stereocenters. The summed E-state index contributed by atoms with van der Waals surface area (Å²) in [7, 11) is 0. The third-order valence-electron chi connectivity index (χ3n) is 5.80. The zero-order valence-electron chi connectivity index (χ0n) is 15.9. The van der Waals surface area contributed by atoms with Crippen molar-refractivity contribution in [2.75, 3.05) is 32.7 Å². The van der Waals surface area contributed by atoms with Gasteiger partial charge in [-0.05, 0) is 51.1 Å². The summed E-state index contributed by atoms with van der Waals surface area (Å²) < 4.78 is 4.98. The van der Waals surface area contributed by atoms with Crippen LogP contribution in [0.15, 0.2) is 23.0 Å². The Morgan fingerprint density at radius 1 is 1.27 bits per heavy atom. The molecule has 2 saturated heterocycles. The van der Waals surface area contributed by atoms with Crippen LogP contribution in [0.2, 0.25) is 0 Å². The first kappa shape index (κ1) is 19.0. The van der Waals surface area contributed by atoms with Crippen molar-refractivity contribution >= 4 is 11.8 Å². The minimum Gasteiger partial charge on any atom is -0.472 e. The fourth-order valence-electron chi connectivity index (χ4n) is 4.06. The summed E-state index contributed by atoms with van der Waals surface area (Å²) in [4.78, 5) is 29.1. The number of amides is 2. The van der Waals surface area contributed by atoms with Crippen LogP contribution >= 0.6 is 0 Å². The molecule has 0 saturated carbocycles. The van der Waals surface area contributed by atoms with E-state index in [1.54, 1.807) is 6.07 Å². The van der Waals surface area contributed by atoms with Crippen molar-refractivity contribution in [3.63, 3.8) is 0 Å². The van der Waals surface area contributed by atoms with Gasteiger partial charge in [0.1, 0.15) is 6.26 Å². The fourth-order valence-corrected chi connectivity index (χ4v) is 4.06. The number of nitrogens with one attached hydrogen (secondary N) is 1. The average molecular weight is 361 g/mol. The Kier molecular flexibility index (Phi) is 6.35. The Bertz CT molecular complexity index is 593. The van der Waals surface area contributed by atoms with Crippen molar-refractivity contribution in [3.05, 3.63) is 24.2 Å². The van der Waals surface area contributed by atoms with Crippen LogP contribution in [0.1, 0.15) is 49.9 Å². The van der Waals surface area contributed by atoms with Crippen LogP contribution in [-0.2, 0) is 4.79 Å². The molecule has 0 spiro atoms. The van der Waals surface area contributed by atoms with Crippen LogP contribution in [-0.4, -0.2) is 60.4 Å². The molecule has 0 bridgehead atoms. The maximum Gasteiger partial charge on any atom is 0.257 e. The van der Waals surface area contributed by atoms with E-state index in [1.165, 1.54) is 25.4 Å². The molecule has 2 fully saturated rings. The van der Waals surface area contributed by atoms with Crippen molar-refractivity contribution in [1.82, 2.24) is 15.1 Å². The summed E-state index contributed by atoms with van der Waals surface area (Å²) in [6.45, 7) is 8.73. The SMILES string of the molecule is CC1CCCN(C(C)CNC(=O)C2CCN(C(=O)c3ccoc3)CC2)C1. The minimum atomic E-state index is -0.00884. The largest absolute Gasteiger partial charge is 0.472 e. The molecule has 0 radical (unpaired) electrons. The van der Waals surface area contributed by atoms with E-state index in [0.717, 1.165) is 31.8 Å². The topological polar surface area (TPSA) is 65.8 Å². The van der Waals surface area contributed by atoms with E-state index in [4.69, 9.17) is 4.42 Å². The number of carbonyl (C=O) groups is 2. The van der Waals surface area contributed by atoms with Gasteiger partial charge in [-0.2, -0.15) is 0 Å². The molecule has 144 valence electrons. The lowest BCUT2D eigenvalue weighted by atomic mass is 9.95. The average Bonchev–Trinajstić information content (AvgIpc) is 3.20. The molecule has 3 heterocycles. The molecule has 2 aliphatic heterocycles. The number of nitrogens with zero attached hydrogens (tertiary/aromatic N) is 2. The molecule has 1 N–H and O–H groups in total. The second-order valence-corrected chi connectivity index (χ2v) is 7.92. The number of furan rings is 1. The predicted molar refractivity (Wildman–Crippen MR) is 99.8 cm³/mol. The van der Waals surface area contributed by atoms with Crippen LogP contribution in [0.4, 0.5) is 0 Å². The van der Waals surface area contributed by atoms with Crippen LogP contribution in [0, 0.1) is 11.8 Å². The van der Waals surface area contributed by atoms with Gasteiger partial charge in [0.2, 0.25) is 5.91 Å². The van der Waals surface area contributed by atoms with E-state index in [-0.39, 0.29) is 17.7 Å². The minimum absolute atomic E-state index is 0.00884. The normalized spacial score (nSPS) is 23.6. The van der Waals surface area contributed by atoms with Gasteiger partial charge in [0.25, 0.3) is 5.91 Å². The first-order valence-corrected chi connectivity index (χ1v) is 9.88. The number of hydrogen-bond acceptors (Lipinski definition) is 4. The highest BCUT2D eigenvalue weighted by atomic mass is 16.3. The number of piperidine rings is 2. The van der Waals surface area contributed by atoms with Crippen molar-refractivity contribution in [2.24, 2.45) is 11.8 Å². The van der Waals surface area contributed by atoms with Crippen LogP contribution in [0.5, 0.6) is 0 Å². The fraction of sp³-hybridized carbons (Fsp3) is 0.700. The van der Waals surface area contributed by atoms with Gasteiger partial charge < -0.3 is 14.6 Å². The zero-order chi connectivity index (χ0) is 18.5. The molecular weight excluding hydrogens is 330 g/mol. The standard InChI is InChI=1S/C20H31N3O3/c1-15-4-3-8-23(13-15)16(2)12-21-19(24)17-5-9-22(10-6-17)20(25)18-7-11-26-14-18/h7,11,14-17H,3-6,8-10,12-13H2,1-2H3,(H,21,24). The molecule has 6 heteroatoms. The Morgan fingerprint density at radius 2 is 2.04 bits per heavy atom. The zero-order valence-corrected chi connectivity index (χ0v) is 15.9. The number of likely N-dealkylation sites (tertiary alicyclic amines) is 2. The highest BCUT2D eigenvalue weighted by Gasteiger charge is 2.29. The van der Waals surface area contributed by atoms with Crippen molar-refractivity contribution in [2.45, 2.75) is 45.6 Å². The molecule has 1 aromatic rings. The van der Waals surface area contributed by atoms with E-state index < -0.39 is 0 Å². The Hall–Kier alpha value is -1.82. The smallest absolute Gasteiger partial charge is 0.257 e. The third-order valence-corrected chi connectivity index (χ3v) is 5.80. The van der Waals surface area contributed by atoms with Gasteiger partial charge in [0, 0.05) is 38.1 Å². The van der Waals surface area contributed by atoms with E-state index in [9.17, 15) is 9.59 Å². The van der Waals surface area contributed by atoms with Crippen LogP contribution < -0.4 is 5.32 Å². The summed E-state index contributed by atoms with van der Waals surface area (Å²) in [5.74, 6) is 0.887. The number of rotatable bonds is 5. The second kappa shape index (κ2) is 8.71. The summed E-state index contributed by atoms with van der Waals surface area (Å²) in [5.41, 5.74) is 0.581. The number of carbonyl (C=O) groups excluding carboxylic acids is 2. The van der Waals surface area contributed by atoms with Gasteiger partial charge in [-0.3, -0.25) is 14.5 Å². The van der Waals surface area contributed by atoms with Gasteiger partial charge in [-0.25, -0.2) is 0 Å². The lowest BCUT2D eigenvalue weighted by Crippen LogP contribution is -2.48. The first-order chi connectivity index (χ1) is 12.5. The molecule has 0 aliphatic carbocycles. The van der Waals surface area contributed by atoms with Crippen molar-refractivity contribution in [3.8, 4) is 0 Å². The Morgan fingerprint density at radius 3 is 2.69 bits per heavy atom. The highest BCUT2D eigenvalue weighted by molar-refractivity contribution is 5.94. The summed E-state index contributed by atoms with van der Waals surface area (Å²) in [6, 6.07) is 2.06.